The van der Waals surface area contributed by atoms with Crippen molar-refractivity contribution in [2.24, 2.45) is 11.8 Å². The summed E-state index contributed by atoms with van der Waals surface area (Å²) in [4.78, 5) is 0. The molecule has 1 nitrogen and oxygen atoms in total. The van der Waals surface area contributed by atoms with Crippen molar-refractivity contribution < 1.29 is 4.39 Å². The third kappa shape index (κ3) is 3.11. The maximum atomic E-state index is 13.2. The molecule has 1 N–H and O–H groups in total. The van der Waals surface area contributed by atoms with E-state index in [1.165, 1.54) is 25.3 Å². The van der Waals surface area contributed by atoms with Crippen LogP contribution in [0.4, 0.5) is 4.39 Å². The van der Waals surface area contributed by atoms with Crippen molar-refractivity contribution in [2.75, 3.05) is 0 Å². The number of hydrogen-bond acceptors (Lipinski definition) is 1. The molecule has 0 spiro atoms. The molecule has 0 saturated heterocycles. The van der Waals surface area contributed by atoms with Crippen LogP contribution in [-0.4, -0.2) is 6.04 Å². The van der Waals surface area contributed by atoms with Crippen LogP contribution < -0.4 is 5.32 Å². The molecular formula is C16H24FN. The molecule has 1 aromatic rings. The Morgan fingerprint density at radius 2 is 1.89 bits per heavy atom. The quantitative estimate of drug-likeness (QED) is 0.842. The molecule has 2 unspecified atom stereocenters. The highest BCUT2D eigenvalue weighted by molar-refractivity contribution is 5.19. The maximum Gasteiger partial charge on any atom is 0.123 e. The van der Waals surface area contributed by atoms with Gasteiger partial charge in [0.2, 0.25) is 0 Å². The first-order valence-electron chi connectivity index (χ1n) is 7.09. The lowest BCUT2D eigenvalue weighted by molar-refractivity contribution is 0.196. The van der Waals surface area contributed by atoms with Crippen LogP contribution in [0.15, 0.2) is 24.3 Å². The zero-order chi connectivity index (χ0) is 13.1. The van der Waals surface area contributed by atoms with E-state index < -0.39 is 0 Å². The second kappa shape index (κ2) is 5.83. The fraction of sp³-hybridized carbons (Fsp3) is 0.625. The molecule has 0 aromatic heterocycles. The molecule has 0 radical (unpaired) electrons. The summed E-state index contributed by atoms with van der Waals surface area (Å²) in [5, 5.41) is 3.70. The van der Waals surface area contributed by atoms with Gasteiger partial charge in [0.1, 0.15) is 5.82 Å². The Kier molecular flexibility index (Phi) is 4.39. The topological polar surface area (TPSA) is 12.0 Å². The van der Waals surface area contributed by atoms with Gasteiger partial charge in [-0.15, -0.1) is 0 Å². The highest BCUT2D eigenvalue weighted by Gasteiger charge is 2.28. The minimum absolute atomic E-state index is 0.147. The van der Waals surface area contributed by atoms with E-state index >= 15 is 0 Å². The fourth-order valence-electron chi connectivity index (χ4n) is 3.17. The summed E-state index contributed by atoms with van der Waals surface area (Å²) in [6.07, 6.45) is 3.95. The SMILES string of the molecule is CC1CCCC(C)C1N[C@H](C)c1cccc(F)c1. The van der Waals surface area contributed by atoms with Crippen LogP contribution in [0.2, 0.25) is 0 Å². The molecule has 2 rings (SSSR count). The van der Waals surface area contributed by atoms with E-state index in [2.05, 4.69) is 26.1 Å². The predicted molar refractivity (Wildman–Crippen MR) is 73.9 cm³/mol. The first-order valence-corrected chi connectivity index (χ1v) is 7.09. The lowest BCUT2D eigenvalue weighted by Gasteiger charge is -2.37. The predicted octanol–water partition coefficient (Wildman–Crippen LogP) is 4.30. The molecule has 1 aliphatic carbocycles. The standard InChI is InChI=1S/C16H24FN/c1-11-6-4-7-12(2)16(11)18-13(3)14-8-5-9-15(17)10-14/h5,8-13,16,18H,4,6-7H2,1-3H3/t11?,12?,13-,16?/m1/s1. The molecule has 0 bridgehead atoms. The van der Waals surface area contributed by atoms with Gasteiger partial charge < -0.3 is 5.32 Å². The molecule has 1 saturated carbocycles. The molecule has 0 heterocycles. The average Bonchev–Trinajstić information content (AvgIpc) is 2.34. The smallest absolute Gasteiger partial charge is 0.123 e. The van der Waals surface area contributed by atoms with E-state index in [9.17, 15) is 4.39 Å². The van der Waals surface area contributed by atoms with Gasteiger partial charge >= 0.3 is 0 Å². The summed E-state index contributed by atoms with van der Waals surface area (Å²) in [5.41, 5.74) is 1.04. The normalized spacial score (nSPS) is 30.1. The zero-order valence-corrected chi connectivity index (χ0v) is 11.6. The summed E-state index contributed by atoms with van der Waals surface area (Å²) in [6, 6.07) is 7.69. The van der Waals surface area contributed by atoms with Crippen molar-refractivity contribution in [3.05, 3.63) is 35.6 Å². The third-order valence-electron chi connectivity index (χ3n) is 4.34. The maximum absolute atomic E-state index is 13.2. The molecule has 2 heteroatoms. The summed E-state index contributed by atoms with van der Waals surface area (Å²) in [6.45, 7) is 6.78. The Bertz CT molecular complexity index is 380. The Balaban J connectivity index is 2.04. The molecule has 0 aliphatic heterocycles. The zero-order valence-electron chi connectivity index (χ0n) is 11.6. The molecule has 1 aromatic carbocycles. The lowest BCUT2D eigenvalue weighted by atomic mass is 9.78. The number of rotatable bonds is 3. The molecule has 0 amide bonds. The summed E-state index contributed by atoms with van der Waals surface area (Å²) >= 11 is 0. The highest BCUT2D eigenvalue weighted by Crippen LogP contribution is 2.30. The summed E-state index contributed by atoms with van der Waals surface area (Å²) in [7, 11) is 0. The monoisotopic (exact) mass is 249 g/mol. The van der Waals surface area contributed by atoms with Crippen LogP contribution in [0.25, 0.3) is 0 Å². The second-order valence-corrected chi connectivity index (χ2v) is 5.85. The third-order valence-corrected chi connectivity index (χ3v) is 4.34. The van der Waals surface area contributed by atoms with Crippen LogP contribution >= 0.6 is 0 Å². The van der Waals surface area contributed by atoms with E-state index in [0.717, 1.165) is 5.56 Å². The van der Waals surface area contributed by atoms with Gasteiger partial charge in [-0.05, 0) is 49.3 Å². The number of nitrogens with one attached hydrogen (secondary N) is 1. The van der Waals surface area contributed by atoms with Crippen molar-refractivity contribution in [1.29, 1.82) is 0 Å². The van der Waals surface area contributed by atoms with Gasteiger partial charge in [0.05, 0.1) is 0 Å². The van der Waals surface area contributed by atoms with Gasteiger partial charge in [-0.2, -0.15) is 0 Å². The fourth-order valence-corrected chi connectivity index (χ4v) is 3.17. The molecule has 100 valence electrons. The first kappa shape index (κ1) is 13.5. The van der Waals surface area contributed by atoms with Crippen molar-refractivity contribution in [2.45, 2.75) is 52.1 Å². The first-order chi connectivity index (χ1) is 8.58. The average molecular weight is 249 g/mol. The Labute approximate surface area is 110 Å². The van der Waals surface area contributed by atoms with Gasteiger partial charge in [-0.1, -0.05) is 32.4 Å². The van der Waals surface area contributed by atoms with Crippen LogP contribution in [-0.2, 0) is 0 Å². The van der Waals surface area contributed by atoms with E-state index in [1.54, 1.807) is 12.1 Å². The minimum Gasteiger partial charge on any atom is -0.307 e. The van der Waals surface area contributed by atoms with Crippen molar-refractivity contribution >= 4 is 0 Å². The van der Waals surface area contributed by atoms with Gasteiger partial charge in [0.25, 0.3) is 0 Å². The number of benzene rings is 1. The van der Waals surface area contributed by atoms with Crippen LogP contribution in [0.5, 0.6) is 0 Å². The Hall–Kier alpha value is -0.890. The summed E-state index contributed by atoms with van der Waals surface area (Å²) < 4.78 is 13.2. The van der Waals surface area contributed by atoms with Gasteiger partial charge in [-0.25, -0.2) is 4.39 Å². The second-order valence-electron chi connectivity index (χ2n) is 5.85. The molecule has 1 fully saturated rings. The van der Waals surface area contributed by atoms with Crippen molar-refractivity contribution in [1.82, 2.24) is 5.32 Å². The van der Waals surface area contributed by atoms with E-state index in [-0.39, 0.29) is 11.9 Å². The Morgan fingerprint density at radius 3 is 2.50 bits per heavy atom. The van der Waals surface area contributed by atoms with E-state index in [0.29, 0.717) is 17.9 Å². The molecule has 3 atom stereocenters. The summed E-state index contributed by atoms with van der Waals surface area (Å²) in [5.74, 6) is 1.28. The van der Waals surface area contributed by atoms with Crippen LogP contribution in [0.1, 0.15) is 51.6 Å². The van der Waals surface area contributed by atoms with Crippen LogP contribution in [0, 0.1) is 17.7 Å². The Morgan fingerprint density at radius 1 is 1.22 bits per heavy atom. The van der Waals surface area contributed by atoms with Gasteiger partial charge in [-0.3, -0.25) is 0 Å². The van der Waals surface area contributed by atoms with E-state index in [1.807, 2.05) is 6.07 Å². The van der Waals surface area contributed by atoms with Gasteiger partial charge in [0, 0.05) is 12.1 Å². The number of hydrogen-bond donors (Lipinski definition) is 1. The molecule has 18 heavy (non-hydrogen) atoms. The number of halogens is 1. The minimum atomic E-state index is -0.147. The van der Waals surface area contributed by atoms with E-state index in [4.69, 9.17) is 0 Å². The van der Waals surface area contributed by atoms with Crippen molar-refractivity contribution in [3.63, 3.8) is 0 Å². The van der Waals surface area contributed by atoms with Crippen LogP contribution in [0.3, 0.4) is 0 Å². The van der Waals surface area contributed by atoms with Gasteiger partial charge in [0.15, 0.2) is 0 Å². The highest BCUT2D eigenvalue weighted by atomic mass is 19.1. The largest absolute Gasteiger partial charge is 0.307 e. The van der Waals surface area contributed by atoms with Crippen molar-refractivity contribution in [3.8, 4) is 0 Å². The molecule has 1 aliphatic rings. The molecular weight excluding hydrogens is 225 g/mol. The lowest BCUT2D eigenvalue weighted by Crippen LogP contribution is -2.43.